The second-order valence-electron chi connectivity index (χ2n) is 3.27. The maximum Gasteiger partial charge on any atom is 0.401 e. The van der Waals surface area contributed by atoms with Crippen molar-refractivity contribution in [1.82, 2.24) is 5.32 Å². The second kappa shape index (κ2) is 4.99. The highest BCUT2D eigenvalue weighted by molar-refractivity contribution is 9.10. The molecule has 0 spiro atoms. The number of alkyl halides is 3. The van der Waals surface area contributed by atoms with Gasteiger partial charge in [0.2, 0.25) is 0 Å². The average molecular weight is 282 g/mol. The highest BCUT2D eigenvalue weighted by Crippen LogP contribution is 2.18. The van der Waals surface area contributed by atoms with Crippen LogP contribution in [0.4, 0.5) is 13.2 Å². The molecule has 0 saturated carbocycles. The molecule has 15 heavy (non-hydrogen) atoms. The maximum atomic E-state index is 11.9. The molecule has 0 aliphatic heterocycles. The van der Waals surface area contributed by atoms with Gasteiger partial charge in [0.05, 0.1) is 6.54 Å². The summed E-state index contributed by atoms with van der Waals surface area (Å²) >= 11 is 3.26. The Hall–Kier alpha value is -0.550. The van der Waals surface area contributed by atoms with Crippen molar-refractivity contribution >= 4 is 15.9 Å². The van der Waals surface area contributed by atoms with Crippen LogP contribution in [0.5, 0.6) is 0 Å². The van der Waals surface area contributed by atoms with Crippen LogP contribution in [0.1, 0.15) is 18.5 Å². The Labute approximate surface area is 94.8 Å². The van der Waals surface area contributed by atoms with E-state index in [2.05, 4.69) is 21.2 Å². The van der Waals surface area contributed by atoms with E-state index in [0.717, 1.165) is 10.0 Å². The SMILES string of the molecule is C[C@@H](NCC(F)(F)F)c1ccc(Br)cc1. The van der Waals surface area contributed by atoms with E-state index in [0.29, 0.717) is 0 Å². The molecule has 84 valence electrons. The van der Waals surface area contributed by atoms with Gasteiger partial charge in [0.15, 0.2) is 0 Å². The summed E-state index contributed by atoms with van der Waals surface area (Å²) in [5.74, 6) is 0. The van der Waals surface area contributed by atoms with Crippen molar-refractivity contribution < 1.29 is 13.2 Å². The lowest BCUT2D eigenvalue weighted by molar-refractivity contribution is -0.126. The zero-order chi connectivity index (χ0) is 11.5. The van der Waals surface area contributed by atoms with Gasteiger partial charge < -0.3 is 5.32 Å². The number of nitrogens with one attached hydrogen (secondary N) is 1. The lowest BCUT2D eigenvalue weighted by atomic mass is 10.1. The number of benzene rings is 1. The van der Waals surface area contributed by atoms with Crippen molar-refractivity contribution in [2.24, 2.45) is 0 Å². The predicted molar refractivity (Wildman–Crippen MR) is 56.6 cm³/mol. The van der Waals surface area contributed by atoms with Gasteiger partial charge in [-0.3, -0.25) is 0 Å². The average Bonchev–Trinajstić information content (AvgIpc) is 2.14. The molecule has 0 radical (unpaired) electrons. The molecular formula is C10H11BrF3N. The first kappa shape index (κ1) is 12.5. The topological polar surface area (TPSA) is 12.0 Å². The van der Waals surface area contributed by atoms with Gasteiger partial charge in [-0.1, -0.05) is 28.1 Å². The monoisotopic (exact) mass is 281 g/mol. The predicted octanol–water partition coefficient (Wildman–Crippen LogP) is 3.66. The van der Waals surface area contributed by atoms with Crippen LogP contribution < -0.4 is 5.32 Å². The van der Waals surface area contributed by atoms with E-state index < -0.39 is 12.7 Å². The molecule has 0 unspecified atom stereocenters. The number of hydrogen-bond acceptors (Lipinski definition) is 1. The summed E-state index contributed by atoms with van der Waals surface area (Å²) in [6, 6.07) is 6.89. The molecule has 0 aliphatic carbocycles. The largest absolute Gasteiger partial charge is 0.401 e. The van der Waals surface area contributed by atoms with Crippen molar-refractivity contribution in [3.63, 3.8) is 0 Å². The molecular weight excluding hydrogens is 271 g/mol. The van der Waals surface area contributed by atoms with Gasteiger partial charge in [-0.15, -0.1) is 0 Å². The Kier molecular flexibility index (Phi) is 4.16. The molecule has 5 heteroatoms. The fraction of sp³-hybridized carbons (Fsp3) is 0.400. The highest BCUT2D eigenvalue weighted by atomic mass is 79.9. The van der Waals surface area contributed by atoms with Crippen LogP contribution in [0.2, 0.25) is 0 Å². The van der Waals surface area contributed by atoms with E-state index in [1.165, 1.54) is 0 Å². The fourth-order valence-corrected chi connectivity index (χ4v) is 1.40. The summed E-state index contributed by atoms with van der Waals surface area (Å²) in [5.41, 5.74) is 0.836. The molecule has 0 bridgehead atoms. The summed E-state index contributed by atoms with van der Waals surface area (Å²) in [7, 11) is 0. The normalized spacial score (nSPS) is 13.9. The van der Waals surface area contributed by atoms with Crippen LogP contribution >= 0.6 is 15.9 Å². The number of halogens is 4. The van der Waals surface area contributed by atoms with Crippen LogP contribution in [0, 0.1) is 0 Å². The van der Waals surface area contributed by atoms with E-state index in [-0.39, 0.29) is 6.04 Å². The smallest absolute Gasteiger partial charge is 0.302 e. The van der Waals surface area contributed by atoms with Gasteiger partial charge in [-0.05, 0) is 24.6 Å². The van der Waals surface area contributed by atoms with Gasteiger partial charge in [-0.2, -0.15) is 13.2 Å². The quantitative estimate of drug-likeness (QED) is 0.892. The zero-order valence-electron chi connectivity index (χ0n) is 8.11. The van der Waals surface area contributed by atoms with Gasteiger partial charge in [0.1, 0.15) is 0 Å². The molecule has 1 aromatic rings. The third-order valence-corrected chi connectivity index (χ3v) is 2.51. The molecule has 1 N–H and O–H groups in total. The molecule has 0 amide bonds. The fourth-order valence-electron chi connectivity index (χ4n) is 1.14. The lowest BCUT2D eigenvalue weighted by Crippen LogP contribution is -2.30. The Morgan fingerprint density at radius 3 is 2.27 bits per heavy atom. The molecule has 1 rings (SSSR count). The molecule has 1 nitrogen and oxygen atoms in total. The van der Waals surface area contributed by atoms with E-state index in [1.54, 1.807) is 31.2 Å². The summed E-state index contributed by atoms with van der Waals surface area (Å²) in [6.07, 6.45) is -4.16. The number of hydrogen-bond donors (Lipinski definition) is 1. The minimum absolute atomic E-state index is 0.306. The van der Waals surface area contributed by atoms with Gasteiger partial charge >= 0.3 is 6.18 Å². The van der Waals surface area contributed by atoms with Crippen LogP contribution in [-0.2, 0) is 0 Å². The van der Waals surface area contributed by atoms with E-state index >= 15 is 0 Å². The Morgan fingerprint density at radius 1 is 1.27 bits per heavy atom. The van der Waals surface area contributed by atoms with Crippen LogP contribution in [0.15, 0.2) is 28.7 Å². The summed E-state index contributed by atoms with van der Waals surface area (Å²) in [6.45, 7) is 0.735. The summed E-state index contributed by atoms with van der Waals surface area (Å²) in [5, 5.41) is 2.42. The first-order chi connectivity index (χ1) is 6.88. The standard InChI is InChI=1S/C10H11BrF3N/c1-7(15-6-10(12,13)14)8-2-4-9(11)5-3-8/h2-5,7,15H,6H2,1H3/t7-/m1/s1. The van der Waals surface area contributed by atoms with Crippen molar-refractivity contribution in [2.75, 3.05) is 6.54 Å². The van der Waals surface area contributed by atoms with Crippen molar-refractivity contribution in [2.45, 2.75) is 19.1 Å². The third kappa shape index (κ3) is 4.66. The van der Waals surface area contributed by atoms with Crippen molar-refractivity contribution in [3.05, 3.63) is 34.3 Å². The van der Waals surface area contributed by atoms with Gasteiger partial charge in [0.25, 0.3) is 0 Å². The molecule has 0 saturated heterocycles. The lowest BCUT2D eigenvalue weighted by Gasteiger charge is -2.15. The molecule has 0 aromatic heterocycles. The minimum Gasteiger partial charge on any atom is -0.302 e. The van der Waals surface area contributed by atoms with Crippen LogP contribution in [0.3, 0.4) is 0 Å². The van der Waals surface area contributed by atoms with E-state index in [1.807, 2.05) is 0 Å². The molecule has 1 atom stereocenters. The first-order valence-corrected chi connectivity index (χ1v) is 5.23. The highest BCUT2D eigenvalue weighted by Gasteiger charge is 2.27. The second-order valence-corrected chi connectivity index (χ2v) is 4.18. The van der Waals surface area contributed by atoms with Crippen molar-refractivity contribution in [3.8, 4) is 0 Å². The zero-order valence-corrected chi connectivity index (χ0v) is 9.69. The van der Waals surface area contributed by atoms with E-state index in [4.69, 9.17) is 0 Å². The Morgan fingerprint density at radius 2 is 1.80 bits per heavy atom. The summed E-state index contributed by atoms with van der Waals surface area (Å²) in [4.78, 5) is 0. The van der Waals surface area contributed by atoms with Crippen molar-refractivity contribution in [1.29, 1.82) is 0 Å². The molecule has 0 fully saturated rings. The van der Waals surface area contributed by atoms with E-state index in [9.17, 15) is 13.2 Å². The number of rotatable bonds is 3. The Balaban J connectivity index is 2.54. The minimum atomic E-state index is -4.16. The molecule has 0 aliphatic rings. The van der Waals surface area contributed by atoms with Gasteiger partial charge in [0, 0.05) is 10.5 Å². The van der Waals surface area contributed by atoms with Crippen LogP contribution in [0.25, 0.3) is 0 Å². The molecule has 1 aromatic carbocycles. The van der Waals surface area contributed by atoms with Gasteiger partial charge in [-0.25, -0.2) is 0 Å². The summed E-state index contributed by atoms with van der Waals surface area (Å²) < 4.78 is 36.7. The van der Waals surface area contributed by atoms with Crippen LogP contribution in [-0.4, -0.2) is 12.7 Å². The third-order valence-electron chi connectivity index (χ3n) is 1.98. The first-order valence-electron chi connectivity index (χ1n) is 4.44. The Bertz CT molecular complexity index is 307. The molecule has 0 heterocycles. The maximum absolute atomic E-state index is 11.9.